The van der Waals surface area contributed by atoms with E-state index in [4.69, 9.17) is 0 Å². The molecule has 0 saturated carbocycles. The lowest BCUT2D eigenvalue weighted by Gasteiger charge is -2.03. The van der Waals surface area contributed by atoms with Gasteiger partial charge in [0, 0.05) is 5.56 Å². The molecule has 0 aliphatic rings. The van der Waals surface area contributed by atoms with E-state index in [1.807, 2.05) is 6.92 Å². The monoisotopic (exact) mass is 226 g/mol. The molecular formula is C11H14O3S. The lowest BCUT2D eigenvalue weighted by Crippen LogP contribution is -2.06. The Morgan fingerprint density at radius 2 is 1.80 bits per heavy atom. The summed E-state index contributed by atoms with van der Waals surface area (Å²) in [4.78, 5) is 10.7. The maximum absolute atomic E-state index is 11.7. The Kier molecular flexibility index (Phi) is 4.03. The molecule has 1 aromatic rings. The van der Waals surface area contributed by atoms with Crippen molar-refractivity contribution >= 4 is 16.1 Å². The van der Waals surface area contributed by atoms with Crippen molar-refractivity contribution in [2.75, 3.05) is 5.75 Å². The summed E-state index contributed by atoms with van der Waals surface area (Å²) in [5.74, 6) is 0.171. The Balaban J connectivity index is 2.90. The number of hydrogen-bond acceptors (Lipinski definition) is 3. The van der Waals surface area contributed by atoms with Gasteiger partial charge in [0.2, 0.25) is 0 Å². The highest BCUT2D eigenvalue weighted by molar-refractivity contribution is 7.91. The Morgan fingerprint density at radius 3 is 2.27 bits per heavy atom. The molecule has 1 rings (SSSR count). The van der Waals surface area contributed by atoms with Crippen LogP contribution in [0.3, 0.4) is 0 Å². The zero-order valence-electron chi connectivity index (χ0n) is 8.64. The zero-order valence-corrected chi connectivity index (χ0v) is 9.46. The smallest absolute Gasteiger partial charge is 0.178 e. The van der Waals surface area contributed by atoms with E-state index >= 15 is 0 Å². The first-order valence-corrected chi connectivity index (χ1v) is 6.53. The molecule has 0 aromatic heterocycles. The molecular weight excluding hydrogens is 212 g/mol. The molecule has 4 heteroatoms. The van der Waals surface area contributed by atoms with Gasteiger partial charge < -0.3 is 0 Å². The third-order valence-corrected chi connectivity index (χ3v) is 3.96. The Bertz CT molecular complexity index is 418. The number of hydrogen-bond donors (Lipinski definition) is 0. The van der Waals surface area contributed by atoms with Gasteiger partial charge in [0.05, 0.1) is 10.6 Å². The SMILES string of the molecule is CCCCS(=O)(=O)c1ccc(C=O)cc1. The fourth-order valence-corrected chi connectivity index (χ4v) is 2.66. The lowest BCUT2D eigenvalue weighted by atomic mass is 10.2. The number of carbonyl (C=O) groups is 1. The third-order valence-electron chi connectivity index (χ3n) is 2.14. The molecule has 0 bridgehead atoms. The van der Waals surface area contributed by atoms with Gasteiger partial charge in [0.1, 0.15) is 6.29 Å². The van der Waals surface area contributed by atoms with Crippen molar-refractivity contribution in [3.63, 3.8) is 0 Å². The summed E-state index contributed by atoms with van der Waals surface area (Å²) in [5, 5.41) is 0. The molecule has 0 atom stereocenters. The molecule has 0 N–H and O–H groups in total. The molecule has 0 saturated heterocycles. The van der Waals surface area contributed by atoms with Crippen LogP contribution in [0.2, 0.25) is 0 Å². The summed E-state index contributed by atoms with van der Waals surface area (Å²) in [6, 6.07) is 6.00. The number of rotatable bonds is 5. The maximum atomic E-state index is 11.7. The quantitative estimate of drug-likeness (QED) is 0.722. The van der Waals surface area contributed by atoms with Crippen LogP contribution in [-0.2, 0) is 9.84 Å². The van der Waals surface area contributed by atoms with Crippen molar-refractivity contribution in [3.05, 3.63) is 29.8 Å². The minimum Gasteiger partial charge on any atom is -0.298 e. The normalized spacial score (nSPS) is 11.3. The minimum absolute atomic E-state index is 0.171. The van der Waals surface area contributed by atoms with Crippen molar-refractivity contribution in [3.8, 4) is 0 Å². The van der Waals surface area contributed by atoms with E-state index in [0.29, 0.717) is 23.2 Å². The molecule has 0 aliphatic heterocycles. The fourth-order valence-electron chi connectivity index (χ4n) is 1.21. The fraction of sp³-hybridized carbons (Fsp3) is 0.364. The van der Waals surface area contributed by atoms with Crippen LogP contribution in [-0.4, -0.2) is 20.5 Å². The second-order valence-electron chi connectivity index (χ2n) is 3.36. The summed E-state index contributed by atoms with van der Waals surface area (Å²) in [6.07, 6.45) is 2.21. The Labute approximate surface area is 90.0 Å². The average Bonchev–Trinajstić information content (AvgIpc) is 2.26. The van der Waals surface area contributed by atoms with Crippen LogP contribution in [0, 0.1) is 0 Å². The van der Waals surface area contributed by atoms with E-state index in [1.54, 1.807) is 0 Å². The largest absolute Gasteiger partial charge is 0.298 e. The minimum atomic E-state index is -3.16. The molecule has 0 radical (unpaired) electrons. The molecule has 3 nitrogen and oxygen atoms in total. The van der Waals surface area contributed by atoms with E-state index in [1.165, 1.54) is 24.3 Å². The van der Waals surface area contributed by atoms with Gasteiger partial charge >= 0.3 is 0 Å². The molecule has 0 spiro atoms. The number of benzene rings is 1. The van der Waals surface area contributed by atoms with Gasteiger partial charge in [-0.25, -0.2) is 8.42 Å². The predicted octanol–water partition coefficient (Wildman–Crippen LogP) is 2.07. The number of carbonyl (C=O) groups excluding carboxylic acids is 1. The van der Waals surface area contributed by atoms with E-state index in [9.17, 15) is 13.2 Å². The number of unbranched alkanes of at least 4 members (excludes halogenated alkanes) is 1. The van der Waals surface area contributed by atoms with Crippen LogP contribution in [0.15, 0.2) is 29.2 Å². The van der Waals surface area contributed by atoms with Gasteiger partial charge in [-0.2, -0.15) is 0 Å². The molecule has 0 unspecified atom stereocenters. The van der Waals surface area contributed by atoms with Crippen molar-refractivity contribution in [2.24, 2.45) is 0 Å². The zero-order chi connectivity index (χ0) is 11.3. The van der Waals surface area contributed by atoms with Crippen LogP contribution < -0.4 is 0 Å². The highest BCUT2D eigenvalue weighted by Gasteiger charge is 2.12. The topological polar surface area (TPSA) is 51.2 Å². The summed E-state index contributed by atoms with van der Waals surface area (Å²) in [7, 11) is -3.16. The van der Waals surface area contributed by atoms with Crippen LogP contribution in [0.4, 0.5) is 0 Å². The van der Waals surface area contributed by atoms with Gasteiger partial charge in [0.25, 0.3) is 0 Å². The van der Waals surface area contributed by atoms with Crippen LogP contribution in [0.1, 0.15) is 30.1 Å². The van der Waals surface area contributed by atoms with Crippen molar-refractivity contribution in [1.82, 2.24) is 0 Å². The molecule has 82 valence electrons. The molecule has 0 fully saturated rings. The molecule has 0 aliphatic carbocycles. The first kappa shape index (κ1) is 11.9. The van der Waals surface area contributed by atoms with Crippen molar-refractivity contribution < 1.29 is 13.2 Å². The van der Waals surface area contributed by atoms with Gasteiger partial charge in [-0.05, 0) is 18.6 Å². The van der Waals surface area contributed by atoms with Gasteiger partial charge in [-0.15, -0.1) is 0 Å². The molecule has 1 aromatic carbocycles. The summed E-state index contributed by atoms with van der Waals surface area (Å²) >= 11 is 0. The highest BCUT2D eigenvalue weighted by atomic mass is 32.2. The number of aldehydes is 1. The van der Waals surface area contributed by atoms with Gasteiger partial charge in [-0.1, -0.05) is 25.5 Å². The third kappa shape index (κ3) is 3.16. The average molecular weight is 226 g/mol. The van der Waals surface area contributed by atoms with E-state index in [-0.39, 0.29) is 5.75 Å². The molecule has 15 heavy (non-hydrogen) atoms. The molecule has 0 amide bonds. The number of sulfone groups is 1. The van der Waals surface area contributed by atoms with Crippen LogP contribution >= 0.6 is 0 Å². The van der Waals surface area contributed by atoms with E-state index in [2.05, 4.69) is 0 Å². The van der Waals surface area contributed by atoms with Gasteiger partial charge in [-0.3, -0.25) is 4.79 Å². The standard InChI is InChI=1S/C11H14O3S/c1-2-3-8-15(13,14)11-6-4-10(9-12)5-7-11/h4-7,9H,2-3,8H2,1H3. The Morgan fingerprint density at radius 1 is 1.20 bits per heavy atom. The van der Waals surface area contributed by atoms with Crippen LogP contribution in [0.5, 0.6) is 0 Å². The second kappa shape index (κ2) is 5.07. The first-order chi connectivity index (χ1) is 7.10. The van der Waals surface area contributed by atoms with Crippen molar-refractivity contribution in [1.29, 1.82) is 0 Å². The molecule has 0 heterocycles. The predicted molar refractivity (Wildman–Crippen MR) is 58.8 cm³/mol. The summed E-state index contributed by atoms with van der Waals surface area (Å²) < 4.78 is 23.4. The van der Waals surface area contributed by atoms with Crippen molar-refractivity contribution in [2.45, 2.75) is 24.7 Å². The van der Waals surface area contributed by atoms with Gasteiger partial charge in [0.15, 0.2) is 9.84 Å². The Hall–Kier alpha value is -1.16. The lowest BCUT2D eigenvalue weighted by molar-refractivity contribution is 0.112. The van der Waals surface area contributed by atoms with E-state index in [0.717, 1.165) is 6.42 Å². The van der Waals surface area contributed by atoms with E-state index < -0.39 is 9.84 Å². The maximum Gasteiger partial charge on any atom is 0.178 e. The first-order valence-electron chi connectivity index (χ1n) is 4.88. The summed E-state index contributed by atoms with van der Waals surface area (Å²) in [6.45, 7) is 1.95. The second-order valence-corrected chi connectivity index (χ2v) is 5.47. The van der Waals surface area contributed by atoms with Crippen LogP contribution in [0.25, 0.3) is 0 Å². The highest BCUT2D eigenvalue weighted by Crippen LogP contribution is 2.13. The summed E-state index contributed by atoms with van der Waals surface area (Å²) in [5.41, 5.74) is 0.490.